The van der Waals surface area contributed by atoms with Crippen molar-refractivity contribution in [2.45, 2.75) is 24.2 Å². The fourth-order valence-electron chi connectivity index (χ4n) is 3.25. The molecule has 0 fully saturated rings. The third-order valence-electron chi connectivity index (χ3n) is 4.47. The maximum absolute atomic E-state index is 12.2. The van der Waals surface area contributed by atoms with E-state index in [1.165, 1.54) is 34.7 Å². The summed E-state index contributed by atoms with van der Waals surface area (Å²) in [5.74, 6) is 0.473. The summed E-state index contributed by atoms with van der Waals surface area (Å²) in [7, 11) is 0. The minimum absolute atomic E-state index is 0.0473. The van der Waals surface area contributed by atoms with E-state index >= 15 is 0 Å². The van der Waals surface area contributed by atoms with Crippen LogP contribution in [0.1, 0.15) is 17.5 Å². The molecular weight excluding hydrogens is 314 g/mol. The molecule has 0 spiro atoms. The Morgan fingerprint density at radius 1 is 0.917 bits per heavy atom. The molecule has 0 aromatic heterocycles. The van der Waals surface area contributed by atoms with Gasteiger partial charge >= 0.3 is 0 Å². The van der Waals surface area contributed by atoms with Crippen molar-refractivity contribution in [2.24, 2.45) is 0 Å². The van der Waals surface area contributed by atoms with Crippen molar-refractivity contribution in [3.8, 4) is 0 Å². The van der Waals surface area contributed by atoms with Crippen LogP contribution in [0.4, 0.5) is 5.69 Å². The van der Waals surface area contributed by atoms with E-state index in [9.17, 15) is 4.79 Å². The highest BCUT2D eigenvalue weighted by Crippen LogP contribution is 2.26. The van der Waals surface area contributed by atoms with Gasteiger partial charge in [-0.05, 0) is 65.4 Å². The standard InChI is InChI=1S/C21H19NOS/c23-21(22-19-10-8-16-6-3-7-17(16)12-19)14-24-20-11-9-15-4-1-2-5-18(15)13-20/h1-2,4-5,8-13H,3,6-7,14H2,(H,22,23). The molecule has 3 aromatic carbocycles. The van der Waals surface area contributed by atoms with Crippen LogP contribution in [0.15, 0.2) is 65.6 Å². The molecule has 120 valence electrons. The van der Waals surface area contributed by atoms with Crippen LogP contribution in [0.2, 0.25) is 0 Å². The van der Waals surface area contributed by atoms with Gasteiger partial charge in [-0.25, -0.2) is 0 Å². The van der Waals surface area contributed by atoms with E-state index in [-0.39, 0.29) is 5.91 Å². The lowest BCUT2D eigenvalue weighted by Gasteiger charge is -2.08. The summed E-state index contributed by atoms with van der Waals surface area (Å²) >= 11 is 1.58. The molecule has 1 amide bonds. The van der Waals surface area contributed by atoms with Crippen molar-refractivity contribution in [1.29, 1.82) is 0 Å². The van der Waals surface area contributed by atoms with Gasteiger partial charge in [0.25, 0.3) is 0 Å². The topological polar surface area (TPSA) is 29.1 Å². The quantitative estimate of drug-likeness (QED) is 0.676. The number of fused-ring (bicyclic) bond motifs is 2. The number of nitrogens with one attached hydrogen (secondary N) is 1. The molecular formula is C21H19NOS. The zero-order chi connectivity index (χ0) is 16.4. The maximum Gasteiger partial charge on any atom is 0.234 e. The van der Waals surface area contributed by atoms with Gasteiger partial charge in [0.1, 0.15) is 0 Å². The number of rotatable bonds is 4. The van der Waals surface area contributed by atoms with E-state index in [1.807, 2.05) is 18.2 Å². The van der Waals surface area contributed by atoms with Gasteiger partial charge in [0, 0.05) is 10.6 Å². The van der Waals surface area contributed by atoms with E-state index in [1.54, 1.807) is 11.8 Å². The molecule has 0 heterocycles. The first-order chi connectivity index (χ1) is 11.8. The third kappa shape index (κ3) is 3.31. The van der Waals surface area contributed by atoms with Crippen LogP contribution in [0, 0.1) is 0 Å². The number of hydrogen-bond donors (Lipinski definition) is 1. The molecule has 0 radical (unpaired) electrons. The maximum atomic E-state index is 12.2. The second-order valence-electron chi connectivity index (χ2n) is 6.18. The molecule has 0 atom stereocenters. The third-order valence-corrected chi connectivity index (χ3v) is 5.47. The van der Waals surface area contributed by atoms with Crippen molar-refractivity contribution in [3.63, 3.8) is 0 Å². The Morgan fingerprint density at radius 3 is 2.67 bits per heavy atom. The molecule has 4 rings (SSSR count). The molecule has 0 saturated heterocycles. The van der Waals surface area contributed by atoms with Crippen molar-refractivity contribution in [2.75, 3.05) is 11.1 Å². The molecule has 2 nitrogen and oxygen atoms in total. The van der Waals surface area contributed by atoms with Crippen molar-refractivity contribution in [3.05, 3.63) is 71.8 Å². The first-order valence-corrected chi connectivity index (χ1v) is 9.30. The summed E-state index contributed by atoms with van der Waals surface area (Å²) in [5.41, 5.74) is 3.73. The minimum atomic E-state index is 0.0473. The van der Waals surface area contributed by atoms with Gasteiger partial charge in [-0.2, -0.15) is 0 Å². The van der Waals surface area contributed by atoms with Crippen LogP contribution in [0.3, 0.4) is 0 Å². The van der Waals surface area contributed by atoms with Gasteiger partial charge in [0.2, 0.25) is 5.91 Å². The Hall–Kier alpha value is -2.26. The Morgan fingerprint density at radius 2 is 1.75 bits per heavy atom. The van der Waals surface area contributed by atoms with E-state index < -0.39 is 0 Å². The smallest absolute Gasteiger partial charge is 0.234 e. The minimum Gasteiger partial charge on any atom is -0.325 e. The summed E-state index contributed by atoms with van der Waals surface area (Å²) in [5, 5.41) is 5.46. The zero-order valence-corrected chi connectivity index (χ0v) is 14.2. The fraction of sp³-hybridized carbons (Fsp3) is 0.190. The van der Waals surface area contributed by atoms with Crippen molar-refractivity contribution < 1.29 is 4.79 Å². The van der Waals surface area contributed by atoms with Gasteiger partial charge in [-0.3, -0.25) is 4.79 Å². The molecule has 0 saturated carbocycles. The normalized spacial score (nSPS) is 13.0. The highest BCUT2D eigenvalue weighted by atomic mass is 32.2. The SMILES string of the molecule is O=C(CSc1ccc2ccccc2c1)Nc1ccc2c(c1)CCC2. The predicted octanol–water partition coefficient (Wildman–Crippen LogP) is 5.06. The second kappa shape index (κ2) is 6.70. The molecule has 0 unspecified atom stereocenters. The summed E-state index contributed by atoms with van der Waals surface area (Å²) in [6.45, 7) is 0. The van der Waals surface area contributed by atoms with Gasteiger partial charge in [-0.1, -0.05) is 36.4 Å². The molecule has 3 aromatic rings. The summed E-state index contributed by atoms with van der Waals surface area (Å²) < 4.78 is 0. The molecule has 1 aliphatic rings. The molecule has 0 bridgehead atoms. The van der Waals surface area contributed by atoms with Crippen molar-refractivity contribution >= 4 is 34.1 Å². The Kier molecular flexibility index (Phi) is 4.26. The number of thioether (sulfide) groups is 1. The van der Waals surface area contributed by atoms with E-state index in [0.717, 1.165) is 17.0 Å². The first kappa shape index (κ1) is 15.3. The number of carbonyl (C=O) groups excluding carboxylic acids is 1. The predicted molar refractivity (Wildman–Crippen MR) is 102 cm³/mol. The number of hydrogen-bond acceptors (Lipinski definition) is 2. The number of benzene rings is 3. The lowest BCUT2D eigenvalue weighted by atomic mass is 10.1. The van der Waals surface area contributed by atoms with Gasteiger partial charge in [-0.15, -0.1) is 11.8 Å². The lowest BCUT2D eigenvalue weighted by molar-refractivity contribution is -0.113. The van der Waals surface area contributed by atoms with Crippen LogP contribution < -0.4 is 5.32 Å². The highest BCUT2D eigenvalue weighted by molar-refractivity contribution is 8.00. The number of carbonyl (C=O) groups is 1. The van der Waals surface area contributed by atoms with Gasteiger partial charge in [0.05, 0.1) is 5.75 Å². The summed E-state index contributed by atoms with van der Waals surface area (Å²) in [6, 6.07) is 20.9. The second-order valence-corrected chi connectivity index (χ2v) is 7.23. The van der Waals surface area contributed by atoms with E-state index in [2.05, 4.69) is 47.8 Å². The average Bonchev–Trinajstić information content (AvgIpc) is 3.07. The number of aryl methyl sites for hydroxylation is 2. The highest BCUT2D eigenvalue weighted by Gasteiger charge is 2.12. The average molecular weight is 333 g/mol. The number of anilines is 1. The first-order valence-electron chi connectivity index (χ1n) is 8.31. The van der Waals surface area contributed by atoms with E-state index in [0.29, 0.717) is 5.75 Å². The summed E-state index contributed by atoms with van der Waals surface area (Å²) in [6.07, 6.45) is 3.52. The molecule has 1 N–H and O–H groups in total. The Bertz CT molecular complexity index is 903. The van der Waals surface area contributed by atoms with Crippen molar-refractivity contribution in [1.82, 2.24) is 0 Å². The van der Waals surface area contributed by atoms with Crippen LogP contribution in [0.5, 0.6) is 0 Å². The van der Waals surface area contributed by atoms with Crippen LogP contribution in [-0.4, -0.2) is 11.7 Å². The van der Waals surface area contributed by atoms with Crippen LogP contribution >= 0.6 is 11.8 Å². The van der Waals surface area contributed by atoms with Crippen LogP contribution in [-0.2, 0) is 17.6 Å². The fourth-order valence-corrected chi connectivity index (χ4v) is 4.00. The van der Waals surface area contributed by atoms with E-state index in [4.69, 9.17) is 0 Å². The number of amides is 1. The monoisotopic (exact) mass is 333 g/mol. The molecule has 1 aliphatic carbocycles. The molecule has 3 heteroatoms. The Labute approximate surface area is 146 Å². The van der Waals surface area contributed by atoms with Crippen LogP contribution in [0.25, 0.3) is 10.8 Å². The molecule has 0 aliphatic heterocycles. The Balaban J connectivity index is 1.39. The van der Waals surface area contributed by atoms with Gasteiger partial charge < -0.3 is 5.32 Å². The largest absolute Gasteiger partial charge is 0.325 e. The van der Waals surface area contributed by atoms with Gasteiger partial charge in [0.15, 0.2) is 0 Å². The summed E-state index contributed by atoms with van der Waals surface area (Å²) in [4.78, 5) is 13.3. The molecule has 24 heavy (non-hydrogen) atoms. The lowest BCUT2D eigenvalue weighted by Crippen LogP contribution is -2.14. The zero-order valence-electron chi connectivity index (χ0n) is 13.4.